The van der Waals surface area contributed by atoms with E-state index in [2.05, 4.69) is 34.6 Å². The monoisotopic (exact) mass is 550 g/mol. The summed E-state index contributed by atoms with van der Waals surface area (Å²) in [5.74, 6) is 0.562. The molecule has 4 rings (SSSR count). The summed E-state index contributed by atoms with van der Waals surface area (Å²) in [5.41, 5.74) is 2.75. The number of benzene rings is 1. The van der Waals surface area contributed by atoms with E-state index in [-0.39, 0.29) is 28.7 Å². The predicted molar refractivity (Wildman–Crippen MR) is 136 cm³/mol. The summed E-state index contributed by atoms with van der Waals surface area (Å²) >= 11 is 0. The molecule has 204 valence electrons. The molecule has 1 aliphatic rings. The molecule has 9 nitrogen and oxygen atoms in total. The topological polar surface area (TPSA) is 109 Å². The van der Waals surface area contributed by atoms with Crippen molar-refractivity contribution in [3.8, 4) is 5.88 Å². The van der Waals surface area contributed by atoms with Crippen LogP contribution in [0.4, 0.5) is 24.8 Å². The highest BCUT2D eigenvalue weighted by molar-refractivity contribution is 7.92. The van der Waals surface area contributed by atoms with Crippen LogP contribution in [0, 0.1) is 0 Å². The van der Waals surface area contributed by atoms with E-state index in [1.165, 1.54) is 24.7 Å². The van der Waals surface area contributed by atoms with Crippen LogP contribution in [0.25, 0.3) is 0 Å². The van der Waals surface area contributed by atoms with E-state index in [0.29, 0.717) is 12.4 Å². The largest absolute Gasteiger partial charge is 0.468 e. The fourth-order valence-corrected chi connectivity index (χ4v) is 5.13. The second-order valence-electron chi connectivity index (χ2n) is 9.35. The fourth-order valence-electron chi connectivity index (χ4n) is 4.09. The van der Waals surface area contributed by atoms with Crippen LogP contribution >= 0.6 is 0 Å². The Hall–Kier alpha value is -3.45. The van der Waals surface area contributed by atoms with E-state index in [0.717, 1.165) is 29.7 Å². The Morgan fingerprint density at radius 3 is 2.37 bits per heavy atom. The first-order chi connectivity index (χ1) is 17.9. The first-order valence-corrected chi connectivity index (χ1v) is 13.5. The molecule has 13 heteroatoms. The van der Waals surface area contributed by atoms with Crippen LogP contribution in [0.5, 0.6) is 5.88 Å². The molecule has 3 heterocycles. The summed E-state index contributed by atoms with van der Waals surface area (Å²) in [7, 11) is -3.89. The number of rotatable bonds is 9. The third-order valence-electron chi connectivity index (χ3n) is 6.03. The quantitative estimate of drug-likeness (QED) is 0.399. The smallest absolute Gasteiger partial charge is 0.422 e. The lowest BCUT2D eigenvalue weighted by atomic mass is 9.97. The van der Waals surface area contributed by atoms with Gasteiger partial charge in [-0.3, -0.25) is 9.62 Å². The van der Waals surface area contributed by atoms with Crippen molar-refractivity contribution >= 4 is 21.7 Å². The molecule has 0 aliphatic carbocycles. The lowest BCUT2D eigenvalue weighted by molar-refractivity contribution is -0.154. The van der Waals surface area contributed by atoms with E-state index >= 15 is 0 Å². The summed E-state index contributed by atoms with van der Waals surface area (Å²) in [6.07, 6.45) is 0.619. The van der Waals surface area contributed by atoms with Crippen LogP contribution in [0.15, 0.2) is 53.8 Å². The van der Waals surface area contributed by atoms with Crippen molar-refractivity contribution in [2.75, 3.05) is 23.2 Å². The maximum absolute atomic E-state index is 13.0. The highest BCUT2D eigenvalue weighted by Crippen LogP contribution is 2.30. The molecule has 0 fully saturated rings. The minimum Gasteiger partial charge on any atom is -0.468 e. The SMILES string of the molecule is CC(C)Nc1cnc(NS(=O)(=O)c2ccc3c(c2)CN([C@H](C)c2ccc(OCC(F)(F)F)nc2)CC3)cn1. The van der Waals surface area contributed by atoms with Gasteiger partial charge in [0.1, 0.15) is 5.82 Å². The Bertz CT molecular complexity index is 1350. The van der Waals surface area contributed by atoms with Gasteiger partial charge in [0.15, 0.2) is 12.4 Å². The van der Waals surface area contributed by atoms with Crippen molar-refractivity contribution < 1.29 is 26.3 Å². The number of aromatic nitrogens is 3. The molecule has 0 unspecified atom stereocenters. The highest BCUT2D eigenvalue weighted by Gasteiger charge is 2.29. The number of fused-ring (bicyclic) bond motifs is 1. The van der Waals surface area contributed by atoms with Gasteiger partial charge >= 0.3 is 6.18 Å². The number of nitrogens with one attached hydrogen (secondary N) is 2. The van der Waals surface area contributed by atoms with E-state index in [4.69, 9.17) is 0 Å². The summed E-state index contributed by atoms with van der Waals surface area (Å²) in [6.45, 7) is 5.72. The third kappa shape index (κ3) is 7.10. The zero-order valence-electron chi connectivity index (χ0n) is 21.2. The van der Waals surface area contributed by atoms with Gasteiger partial charge < -0.3 is 10.1 Å². The Morgan fingerprint density at radius 2 is 1.74 bits per heavy atom. The average Bonchev–Trinajstić information content (AvgIpc) is 2.87. The molecule has 0 radical (unpaired) electrons. The highest BCUT2D eigenvalue weighted by atomic mass is 32.2. The van der Waals surface area contributed by atoms with Crippen LogP contribution in [0.2, 0.25) is 0 Å². The molecule has 2 N–H and O–H groups in total. The van der Waals surface area contributed by atoms with Crippen molar-refractivity contribution in [1.82, 2.24) is 19.9 Å². The van der Waals surface area contributed by atoms with Crippen molar-refractivity contribution in [3.63, 3.8) is 0 Å². The summed E-state index contributed by atoms with van der Waals surface area (Å²) < 4.78 is 70.3. The van der Waals surface area contributed by atoms with Gasteiger partial charge in [-0.05, 0) is 56.0 Å². The van der Waals surface area contributed by atoms with Crippen molar-refractivity contribution in [1.29, 1.82) is 0 Å². The first kappa shape index (κ1) is 27.6. The normalized spacial score (nSPS) is 15.1. The molecule has 1 aliphatic heterocycles. The second kappa shape index (κ2) is 11.1. The summed E-state index contributed by atoms with van der Waals surface area (Å²) in [5, 5.41) is 3.09. The number of hydrogen-bond donors (Lipinski definition) is 2. The number of halogens is 3. The maximum Gasteiger partial charge on any atom is 0.422 e. The van der Waals surface area contributed by atoms with Gasteiger partial charge in [0, 0.05) is 37.4 Å². The van der Waals surface area contributed by atoms with Gasteiger partial charge in [-0.25, -0.2) is 23.4 Å². The number of anilines is 2. The van der Waals surface area contributed by atoms with E-state index in [9.17, 15) is 21.6 Å². The minimum atomic E-state index is -4.43. The fraction of sp³-hybridized carbons (Fsp3) is 0.400. The molecule has 38 heavy (non-hydrogen) atoms. The van der Waals surface area contributed by atoms with E-state index < -0.39 is 22.8 Å². The van der Waals surface area contributed by atoms with Crippen molar-refractivity contribution in [2.45, 2.75) is 56.9 Å². The maximum atomic E-state index is 13.0. The Kier molecular flexibility index (Phi) is 8.07. The van der Waals surface area contributed by atoms with Crippen molar-refractivity contribution in [3.05, 3.63) is 65.6 Å². The molecule has 1 atom stereocenters. The second-order valence-corrected chi connectivity index (χ2v) is 11.0. The molecule has 0 spiro atoms. The minimum absolute atomic E-state index is 0.0971. The van der Waals surface area contributed by atoms with Gasteiger partial charge in [-0.2, -0.15) is 13.2 Å². The van der Waals surface area contributed by atoms with Crippen LogP contribution in [-0.2, 0) is 23.0 Å². The number of pyridine rings is 1. The average molecular weight is 551 g/mol. The molecule has 0 amide bonds. The summed E-state index contributed by atoms with van der Waals surface area (Å²) in [6, 6.07) is 8.22. The Morgan fingerprint density at radius 1 is 1.00 bits per heavy atom. The lowest BCUT2D eigenvalue weighted by Crippen LogP contribution is -2.33. The number of nitrogens with zero attached hydrogens (tertiary/aromatic N) is 4. The van der Waals surface area contributed by atoms with Gasteiger partial charge in [0.2, 0.25) is 5.88 Å². The van der Waals surface area contributed by atoms with Crippen LogP contribution in [-0.4, -0.2) is 53.6 Å². The molecule has 2 aromatic heterocycles. The van der Waals surface area contributed by atoms with Crippen LogP contribution in [0.3, 0.4) is 0 Å². The summed E-state index contributed by atoms with van der Waals surface area (Å²) in [4.78, 5) is 14.6. The van der Waals surface area contributed by atoms with Gasteiger partial charge in [0.25, 0.3) is 10.0 Å². The standard InChI is InChI=1S/C25H29F3N6O3S/c1-16(2)32-22-12-30-23(13-29-22)33-38(35,36)21-6-4-18-8-9-34(14-20(18)10-21)17(3)19-5-7-24(31-11-19)37-15-25(26,27)28/h4-7,10-13,16-17H,8-9,14-15H2,1-3H3,(H,29,32)(H,30,33)/t17-/m1/s1. The van der Waals surface area contributed by atoms with Gasteiger partial charge in [-0.1, -0.05) is 12.1 Å². The molecular formula is C25H29F3N6O3S. The van der Waals surface area contributed by atoms with Crippen LogP contribution in [0.1, 0.15) is 43.5 Å². The number of alkyl halides is 3. The first-order valence-electron chi connectivity index (χ1n) is 12.0. The molecule has 3 aromatic rings. The molecular weight excluding hydrogens is 521 g/mol. The zero-order valence-corrected chi connectivity index (χ0v) is 22.0. The molecule has 0 saturated carbocycles. The molecule has 1 aromatic carbocycles. The molecule has 0 bridgehead atoms. The Balaban J connectivity index is 1.43. The van der Waals surface area contributed by atoms with Crippen molar-refractivity contribution in [2.24, 2.45) is 0 Å². The number of sulfonamides is 1. The third-order valence-corrected chi connectivity index (χ3v) is 7.38. The zero-order chi connectivity index (χ0) is 27.5. The lowest BCUT2D eigenvalue weighted by Gasteiger charge is -2.34. The van der Waals surface area contributed by atoms with Crippen LogP contribution < -0.4 is 14.8 Å². The van der Waals surface area contributed by atoms with E-state index in [1.54, 1.807) is 18.2 Å². The molecule has 0 saturated heterocycles. The van der Waals surface area contributed by atoms with Gasteiger partial charge in [-0.15, -0.1) is 0 Å². The Labute approximate surface area is 219 Å². The number of hydrogen-bond acceptors (Lipinski definition) is 8. The number of ether oxygens (including phenoxy) is 1. The predicted octanol–water partition coefficient (Wildman–Crippen LogP) is 4.55. The van der Waals surface area contributed by atoms with Gasteiger partial charge in [0.05, 0.1) is 17.3 Å². The van der Waals surface area contributed by atoms with E-state index in [1.807, 2.05) is 26.8 Å².